The third-order valence-corrected chi connectivity index (χ3v) is 16.0. The topological polar surface area (TPSA) is 211 Å². The van der Waals surface area contributed by atoms with Crippen molar-refractivity contribution in [3.05, 3.63) is 12.2 Å². The zero-order chi connectivity index (χ0) is 41.0. The molecule has 2 saturated heterocycles. The van der Waals surface area contributed by atoms with Crippen LogP contribution in [0.5, 0.6) is 0 Å². The van der Waals surface area contributed by atoms with Gasteiger partial charge >= 0.3 is 11.9 Å². The van der Waals surface area contributed by atoms with Crippen LogP contribution in [-0.2, 0) is 38.0 Å². The molecule has 7 aliphatic rings. The molecule has 0 aromatic heterocycles. The van der Waals surface area contributed by atoms with Crippen LogP contribution in [0.2, 0.25) is 0 Å². The number of allylic oxidation sites excluding steroid dienone is 2. The van der Waals surface area contributed by atoms with E-state index in [9.17, 15) is 40.2 Å². The third-order valence-electron chi connectivity index (χ3n) is 16.0. The molecule has 0 bridgehead atoms. The number of carbonyl (C=O) groups excluding carboxylic acids is 2. The highest BCUT2D eigenvalue weighted by atomic mass is 16.8. The van der Waals surface area contributed by atoms with Gasteiger partial charge < -0.3 is 59.1 Å². The number of esters is 2. The van der Waals surface area contributed by atoms with Crippen LogP contribution in [-0.4, -0.2) is 130 Å². The SMILES string of the molecule is CC(=O)OC[C@H]1O[C@@H](O[C@H]2[C@@H](O)[C@@H](CO)O[C@@H](O[C@H]3CC[C@@]4(C)[C@@H](CC[C@@H]5[C@@H]4CC[C@]4(CO)[C@@H]([C@H](C)/C=C/[C@H]6C[C@@H]6C)CC[C@@H]54)C3)[C@@H]2OC(C)=O)[C@H](O)[C@@H](O)[C@@H]1O. The van der Waals surface area contributed by atoms with E-state index in [1.54, 1.807) is 0 Å². The Kier molecular flexibility index (Phi) is 13.2. The van der Waals surface area contributed by atoms with Crippen LogP contribution in [0.15, 0.2) is 12.2 Å². The first-order valence-electron chi connectivity index (χ1n) is 21.7. The summed E-state index contributed by atoms with van der Waals surface area (Å²) >= 11 is 0. The molecule has 14 nitrogen and oxygen atoms in total. The quantitative estimate of drug-likeness (QED) is 0.0952. The van der Waals surface area contributed by atoms with E-state index in [1.165, 1.54) is 33.1 Å². The Balaban J connectivity index is 1.03. The van der Waals surface area contributed by atoms with Crippen LogP contribution >= 0.6 is 0 Å². The number of fused-ring (bicyclic) bond motifs is 5. The smallest absolute Gasteiger partial charge is 0.303 e. The van der Waals surface area contributed by atoms with Gasteiger partial charge in [-0.15, -0.1) is 0 Å². The highest BCUT2D eigenvalue weighted by molar-refractivity contribution is 5.66. The lowest BCUT2D eigenvalue weighted by molar-refractivity contribution is -0.365. The second-order valence-electron chi connectivity index (χ2n) is 19.1. The van der Waals surface area contributed by atoms with Gasteiger partial charge in [0.1, 0.15) is 49.3 Å². The number of hydrogen-bond donors (Lipinski definition) is 6. The summed E-state index contributed by atoms with van der Waals surface area (Å²) in [5, 5.41) is 64.6. The summed E-state index contributed by atoms with van der Waals surface area (Å²) < 4.78 is 35.1. The Morgan fingerprint density at radius 3 is 2.21 bits per heavy atom. The summed E-state index contributed by atoms with van der Waals surface area (Å²) in [6.45, 7) is 8.70. The summed E-state index contributed by atoms with van der Waals surface area (Å²) in [7, 11) is 0. The van der Waals surface area contributed by atoms with Gasteiger partial charge in [-0.2, -0.15) is 0 Å². The van der Waals surface area contributed by atoms with Gasteiger partial charge in [0.2, 0.25) is 0 Å². The molecule has 5 aliphatic carbocycles. The van der Waals surface area contributed by atoms with Gasteiger partial charge in [0.25, 0.3) is 0 Å². The molecule has 2 heterocycles. The average Bonchev–Trinajstić information content (AvgIpc) is 3.75. The summed E-state index contributed by atoms with van der Waals surface area (Å²) in [6.07, 6.45) is 0.0541. The van der Waals surface area contributed by atoms with Crippen LogP contribution in [0, 0.1) is 58.2 Å². The molecule has 57 heavy (non-hydrogen) atoms. The summed E-state index contributed by atoms with van der Waals surface area (Å²) in [4.78, 5) is 23.9. The highest BCUT2D eigenvalue weighted by Crippen LogP contribution is 2.68. The van der Waals surface area contributed by atoms with E-state index in [1.807, 2.05) is 0 Å². The van der Waals surface area contributed by atoms with E-state index in [4.69, 9.17) is 28.4 Å². The molecule has 0 spiro atoms. The largest absolute Gasteiger partial charge is 0.463 e. The maximum Gasteiger partial charge on any atom is 0.303 e. The van der Waals surface area contributed by atoms with Gasteiger partial charge in [0.05, 0.1) is 12.7 Å². The molecule has 324 valence electrons. The van der Waals surface area contributed by atoms with Crippen molar-refractivity contribution < 1.29 is 68.6 Å². The summed E-state index contributed by atoms with van der Waals surface area (Å²) in [6, 6.07) is 0. The zero-order valence-corrected chi connectivity index (χ0v) is 34.3. The lowest BCUT2D eigenvalue weighted by Gasteiger charge is -2.61. The van der Waals surface area contributed by atoms with Gasteiger partial charge in [-0.25, -0.2) is 0 Å². The minimum Gasteiger partial charge on any atom is -0.463 e. The van der Waals surface area contributed by atoms with Crippen molar-refractivity contribution in [2.24, 2.45) is 58.2 Å². The maximum atomic E-state index is 12.5. The van der Waals surface area contributed by atoms with Crippen molar-refractivity contribution in [3.8, 4) is 0 Å². The molecule has 0 aromatic rings. The number of ether oxygens (including phenoxy) is 6. The number of aliphatic hydroxyl groups is 6. The fourth-order valence-corrected chi connectivity index (χ4v) is 12.7. The summed E-state index contributed by atoms with van der Waals surface area (Å²) in [5.41, 5.74) is 0.0940. The van der Waals surface area contributed by atoms with Crippen molar-refractivity contribution in [1.82, 2.24) is 0 Å². The predicted molar refractivity (Wildman–Crippen MR) is 203 cm³/mol. The van der Waals surface area contributed by atoms with Crippen LogP contribution in [0.4, 0.5) is 0 Å². The van der Waals surface area contributed by atoms with Crippen molar-refractivity contribution >= 4 is 11.9 Å². The van der Waals surface area contributed by atoms with Crippen molar-refractivity contribution in [3.63, 3.8) is 0 Å². The van der Waals surface area contributed by atoms with E-state index in [0.29, 0.717) is 35.5 Å². The van der Waals surface area contributed by atoms with E-state index in [0.717, 1.165) is 56.8 Å². The Bertz CT molecular complexity index is 1440. The molecule has 6 N–H and O–H groups in total. The van der Waals surface area contributed by atoms with Crippen LogP contribution in [0.3, 0.4) is 0 Å². The Morgan fingerprint density at radius 2 is 1.54 bits per heavy atom. The van der Waals surface area contributed by atoms with Crippen molar-refractivity contribution in [2.45, 2.75) is 166 Å². The molecule has 0 aromatic carbocycles. The Hall–Kier alpha value is -1.72. The predicted octanol–water partition coefficient (Wildman–Crippen LogP) is 2.62. The molecule has 7 fully saturated rings. The van der Waals surface area contributed by atoms with Crippen molar-refractivity contribution in [2.75, 3.05) is 19.8 Å². The van der Waals surface area contributed by atoms with E-state index in [2.05, 4.69) is 32.9 Å². The standard InChI is InChI=1S/C43H68O14/c1-21(6-7-25-16-22(25)2)29-10-11-31-28-9-8-26-17-27(12-14-42(26,5)30(28)13-15-43(29,31)20-45)54-41-39(53-24(4)47)38(35(49)32(18-44)55-41)57-40-37(51)36(50)34(48)33(56-40)19-52-23(3)46/h6-7,21-22,25-41,44-45,48-51H,8-20H2,1-5H3/b7-6+/t21-,22+,25+,26+,27+,28-,29-,30+,31+,32-,33-,34-,35+,36+,37-,38+,39-,40+,41-,42+,43+/m1/s1. The lowest BCUT2D eigenvalue weighted by atomic mass is 9.44. The van der Waals surface area contributed by atoms with Gasteiger partial charge in [0.15, 0.2) is 18.7 Å². The molecule has 0 amide bonds. The molecule has 21 atom stereocenters. The number of hydrogen-bond acceptors (Lipinski definition) is 14. The molecule has 5 saturated carbocycles. The third kappa shape index (κ3) is 8.35. The van der Waals surface area contributed by atoms with Crippen molar-refractivity contribution in [1.29, 1.82) is 0 Å². The first kappa shape index (κ1) is 43.4. The first-order chi connectivity index (χ1) is 27.1. The van der Waals surface area contributed by atoms with Gasteiger partial charge in [-0.1, -0.05) is 32.9 Å². The van der Waals surface area contributed by atoms with E-state index in [-0.39, 0.29) is 23.5 Å². The monoisotopic (exact) mass is 808 g/mol. The fourth-order valence-electron chi connectivity index (χ4n) is 12.7. The van der Waals surface area contributed by atoms with Gasteiger partial charge in [-0.3, -0.25) is 9.59 Å². The Morgan fingerprint density at radius 1 is 0.807 bits per heavy atom. The molecule has 0 unspecified atom stereocenters. The number of aliphatic hydroxyl groups excluding tert-OH is 6. The minimum atomic E-state index is -1.80. The normalized spacial score (nSPS) is 50.0. The molecule has 2 aliphatic heterocycles. The van der Waals surface area contributed by atoms with Gasteiger partial charge in [0, 0.05) is 20.5 Å². The first-order valence-corrected chi connectivity index (χ1v) is 21.7. The molecule has 14 heteroatoms. The molecular weight excluding hydrogens is 740 g/mol. The lowest BCUT2D eigenvalue weighted by Crippen LogP contribution is -2.65. The highest BCUT2D eigenvalue weighted by Gasteiger charge is 2.62. The molecule has 7 rings (SSSR count). The number of rotatable bonds is 12. The second kappa shape index (κ2) is 17.3. The van der Waals surface area contributed by atoms with E-state index < -0.39 is 86.6 Å². The average molecular weight is 809 g/mol. The fraction of sp³-hybridized carbons (Fsp3) is 0.907. The molecular formula is C43H68O14. The molecule has 0 radical (unpaired) electrons. The zero-order valence-electron chi connectivity index (χ0n) is 34.3. The van der Waals surface area contributed by atoms with Crippen LogP contribution < -0.4 is 0 Å². The van der Waals surface area contributed by atoms with Crippen LogP contribution in [0.1, 0.15) is 98.8 Å². The summed E-state index contributed by atoms with van der Waals surface area (Å²) in [5.74, 6) is 3.18. The van der Waals surface area contributed by atoms with Crippen LogP contribution in [0.25, 0.3) is 0 Å². The van der Waals surface area contributed by atoms with Gasteiger partial charge in [-0.05, 0) is 122 Å². The Labute approximate surface area is 336 Å². The van der Waals surface area contributed by atoms with E-state index >= 15 is 0 Å². The maximum absolute atomic E-state index is 12.5. The number of carbonyl (C=O) groups is 2. The minimum absolute atomic E-state index is 0.0140. The second-order valence-corrected chi connectivity index (χ2v) is 19.1.